The molecule has 3 aromatic rings. The van der Waals surface area contributed by atoms with E-state index < -0.39 is 22.6 Å². The minimum absolute atomic E-state index is 0.327. The van der Waals surface area contributed by atoms with Gasteiger partial charge in [0, 0.05) is 23.0 Å². The molecule has 0 aliphatic rings. The summed E-state index contributed by atoms with van der Waals surface area (Å²) in [6.07, 6.45) is 1.75. The highest BCUT2D eigenvalue weighted by Crippen LogP contribution is 2.29. The van der Waals surface area contributed by atoms with Crippen LogP contribution in [0.1, 0.15) is 5.56 Å². The highest BCUT2D eigenvalue weighted by atomic mass is 35.6. The molecule has 9 nitrogen and oxygen atoms in total. The van der Waals surface area contributed by atoms with Gasteiger partial charge in [0.25, 0.3) is 0 Å². The molecule has 0 atom stereocenters. The predicted molar refractivity (Wildman–Crippen MR) is 127 cm³/mol. The van der Waals surface area contributed by atoms with Crippen molar-refractivity contribution in [1.82, 2.24) is 15.2 Å². The highest BCUT2D eigenvalue weighted by molar-refractivity contribution is 6.67. The predicted octanol–water partition coefficient (Wildman–Crippen LogP) is 5.61. The molecule has 2 aromatic heterocycles. The molecule has 0 fully saturated rings. The Morgan fingerprint density at radius 3 is 2.55 bits per heavy atom. The number of alkyl halides is 3. The first-order valence-electron chi connectivity index (χ1n) is 9.40. The molecule has 172 valence electrons. The van der Waals surface area contributed by atoms with Crippen molar-refractivity contribution in [1.29, 1.82) is 0 Å². The zero-order chi connectivity index (χ0) is 24.0. The number of ether oxygens (including phenoxy) is 2. The molecule has 0 aliphatic carbocycles. The van der Waals surface area contributed by atoms with Gasteiger partial charge >= 0.3 is 12.2 Å². The van der Waals surface area contributed by atoms with Gasteiger partial charge in [0.05, 0.1) is 19.0 Å². The minimum atomic E-state index is -1.70. The van der Waals surface area contributed by atoms with Crippen molar-refractivity contribution in [2.24, 2.45) is 0 Å². The van der Waals surface area contributed by atoms with Gasteiger partial charge in [-0.25, -0.2) is 14.6 Å². The highest BCUT2D eigenvalue weighted by Gasteiger charge is 2.22. The number of nitrogens with one attached hydrogen (secondary N) is 2. The number of pyridine rings is 1. The van der Waals surface area contributed by atoms with Gasteiger partial charge in [-0.05, 0) is 48.4 Å². The third-order valence-corrected chi connectivity index (χ3v) is 4.62. The lowest BCUT2D eigenvalue weighted by molar-refractivity contribution is 0.164. The van der Waals surface area contributed by atoms with Crippen LogP contribution in [0.3, 0.4) is 0 Å². The molecular formula is C21H18Cl3N5O4. The van der Waals surface area contributed by atoms with E-state index >= 15 is 0 Å². The van der Waals surface area contributed by atoms with Crippen LogP contribution in [0, 0.1) is 6.92 Å². The van der Waals surface area contributed by atoms with Crippen molar-refractivity contribution in [3.63, 3.8) is 0 Å². The van der Waals surface area contributed by atoms with Crippen LogP contribution in [0.5, 0.6) is 0 Å². The number of carbonyl (C=O) groups excluding carboxylic acids is 2. The molecule has 12 heteroatoms. The molecule has 0 spiro atoms. The maximum Gasteiger partial charge on any atom is 0.412 e. The summed E-state index contributed by atoms with van der Waals surface area (Å²) in [6, 6.07) is 10.5. The quantitative estimate of drug-likeness (QED) is 0.429. The number of methoxy groups -OCH3 is 1. The first-order valence-corrected chi connectivity index (χ1v) is 10.5. The van der Waals surface area contributed by atoms with E-state index in [0.29, 0.717) is 17.2 Å². The molecule has 0 radical (unpaired) electrons. The van der Waals surface area contributed by atoms with Crippen LogP contribution in [0.25, 0.3) is 22.4 Å². The van der Waals surface area contributed by atoms with E-state index in [9.17, 15) is 9.59 Å². The average Bonchev–Trinajstić information content (AvgIpc) is 2.79. The van der Waals surface area contributed by atoms with Gasteiger partial charge in [0.2, 0.25) is 3.79 Å². The largest absolute Gasteiger partial charge is 0.453 e. The molecule has 33 heavy (non-hydrogen) atoms. The number of anilines is 2. The summed E-state index contributed by atoms with van der Waals surface area (Å²) in [5.74, 6) is 0.327. The van der Waals surface area contributed by atoms with Crippen LogP contribution in [-0.2, 0) is 9.47 Å². The van der Waals surface area contributed by atoms with Crippen molar-refractivity contribution in [3.05, 3.63) is 54.4 Å². The van der Waals surface area contributed by atoms with Crippen LogP contribution in [0.2, 0.25) is 0 Å². The lowest BCUT2D eigenvalue weighted by Crippen LogP contribution is -2.21. The van der Waals surface area contributed by atoms with Crippen LogP contribution in [0.4, 0.5) is 21.1 Å². The Kier molecular flexibility index (Phi) is 7.91. The van der Waals surface area contributed by atoms with Gasteiger partial charge < -0.3 is 9.47 Å². The summed E-state index contributed by atoms with van der Waals surface area (Å²) in [5, 5.41) is 13.4. The number of hydrogen-bond acceptors (Lipinski definition) is 7. The first-order chi connectivity index (χ1) is 15.6. The van der Waals surface area contributed by atoms with Crippen molar-refractivity contribution >= 4 is 58.5 Å². The van der Waals surface area contributed by atoms with Gasteiger partial charge in [0.1, 0.15) is 12.4 Å². The van der Waals surface area contributed by atoms with Crippen molar-refractivity contribution in [3.8, 4) is 22.4 Å². The lowest BCUT2D eigenvalue weighted by Gasteiger charge is -2.13. The molecule has 0 saturated carbocycles. The summed E-state index contributed by atoms with van der Waals surface area (Å²) in [5.41, 5.74) is 4.19. The van der Waals surface area contributed by atoms with E-state index in [4.69, 9.17) is 39.5 Å². The Labute approximate surface area is 204 Å². The molecular weight excluding hydrogens is 493 g/mol. The minimum Gasteiger partial charge on any atom is -0.453 e. The van der Waals surface area contributed by atoms with Crippen LogP contribution in [-0.4, -0.2) is 44.9 Å². The standard InChI is InChI=1S/C21H18Cl3N5O4/c1-12-3-4-15(27-20(31)33-11-21(22,23)24)9-16(12)17-7-14(10-26-29-17)13-5-6-25-18(8-13)28-19(30)32-2/h3-10H,11H2,1-2H3,(H,27,31)(H,25,28,30). The number of nitrogens with zero attached hydrogens (tertiary/aromatic N) is 3. The fourth-order valence-electron chi connectivity index (χ4n) is 2.77. The van der Waals surface area contributed by atoms with E-state index in [1.165, 1.54) is 7.11 Å². The van der Waals surface area contributed by atoms with Crippen molar-refractivity contribution < 1.29 is 19.1 Å². The molecule has 1 aromatic carbocycles. The lowest BCUT2D eigenvalue weighted by atomic mass is 10.0. The van der Waals surface area contributed by atoms with Gasteiger partial charge in [-0.2, -0.15) is 10.2 Å². The number of rotatable bonds is 5. The van der Waals surface area contributed by atoms with Crippen molar-refractivity contribution in [2.45, 2.75) is 10.7 Å². The third-order valence-electron chi connectivity index (χ3n) is 4.29. The zero-order valence-corrected chi connectivity index (χ0v) is 19.7. The summed E-state index contributed by atoms with van der Waals surface area (Å²) < 4.78 is 7.78. The van der Waals surface area contributed by atoms with E-state index in [2.05, 4.69) is 30.6 Å². The van der Waals surface area contributed by atoms with Gasteiger partial charge in [-0.15, -0.1) is 0 Å². The van der Waals surface area contributed by atoms with Crippen LogP contribution >= 0.6 is 34.8 Å². The number of aryl methyl sites for hydroxylation is 1. The maximum atomic E-state index is 12.0. The van der Waals surface area contributed by atoms with Gasteiger partial charge in [-0.1, -0.05) is 40.9 Å². The van der Waals surface area contributed by atoms with E-state index in [-0.39, 0.29) is 0 Å². The zero-order valence-electron chi connectivity index (χ0n) is 17.4. The maximum absolute atomic E-state index is 12.0. The van der Waals surface area contributed by atoms with Crippen molar-refractivity contribution in [2.75, 3.05) is 24.4 Å². The number of aromatic nitrogens is 3. The van der Waals surface area contributed by atoms with Crippen LogP contribution in [0.15, 0.2) is 48.8 Å². The third kappa shape index (κ3) is 7.18. The Bertz CT molecular complexity index is 1170. The molecule has 3 rings (SSSR count). The second kappa shape index (κ2) is 10.7. The number of carbonyl (C=O) groups is 2. The Balaban J connectivity index is 1.84. The first kappa shape index (κ1) is 24.5. The molecule has 2 heterocycles. The monoisotopic (exact) mass is 509 g/mol. The molecule has 0 aliphatic heterocycles. The number of hydrogen-bond donors (Lipinski definition) is 2. The van der Waals surface area contributed by atoms with E-state index in [1.54, 1.807) is 36.7 Å². The fraction of sp³-hybridized carbons (Fsp3) is 0.190. The Morgan fingerprint density at radius 1 is 1.03 bits per heavy atom. The molecule has 2 N–H and O–H groups in total. The second-order valence-electron chi connectivity index (χ2n) is 6.72. The normalized spacial score (nSPS) is 10.9. The Hall–Kier alpha value is -3.14. The number of halogens is 3. The van der Waals surface area contributed by atoms with E-state index in [1.807, 2.05) is 19.1 Å². The molecule has 0 bridgehead atoms. The topological polar surface area (TPSA) is 115 Å². The summed E-state index contributed by atoms with van der Waals surface area (Å²) in [4.78, 5) is 27.5. The molecule has 2 amide bonds. The fourth-order valence-corrected chi connectivity index (χ4v) is 2.93. The second-order valence-corrected chi connectivity index (χ2v) is 9.24. The molecule has 0 unspecified atom stereocenters. The number of amides is 2. The molecule has 0 saturated heterocycles. The van der Waals surface area contributed by atoms with E-state index in [0.717, 1.165) is 22.3 Å². The number of benzene rings is 1. The van der Waals surface area contributed by atoms with Crippen LogP contribution < -0.4 is 10.6 Å². The summed E-state index contributed by atoms with van der Waals surface area (Å²) in [6.45, 7) is 1.51. The smallest absolute Gasteiger partial charge is 0.412 e. The Morgan fingerprint density at radius 2 is 1.82 bits per heavy atom. The summed E-state index contributed by atoms with van der Waals surface area (Å²) >= 11 is 16.8. The van der Waals surface area contributed by atoms with Gasteiger partial charge in [0.15, 0.2) is 0 Å². The SMILES string of the molecule is COC(=O)Nc1cc(-c2cnnc(-c3cc(NC(=O)OCC(Cl)(Cl)Cl)ccc3C)c2)ccn1. The summed E-state index contributed by atoms with van der Waals surface area (Å²) in [7, 11) is 1.27. The van der Waals surface area contributed by atoms with Gasteiger partial charge in [-0.3, -0.25) is 10.6 Å². The average molecular weight is 511 g/mol.